The fraction of sp³-hybridized carbons (Fsp3) is 0.333. The smallest absolute Gasteiger partial charge is 0.481 e. The van der Waals surface area contributed by atoms with Gasteiger partial charge in [-0.2, -0.15) is 13.2 Å². The maximum atomic E-state index is 12.7. The van der Waals surface area contributed by atoms with Crippen molar-refractivity contribution in [2.24, 2.45) is 0 Å². The third-order valence-electron chi connectivity index (χ3n) is 1.92. The number of hydrogen-bond donors (Lipinski definition) is 2. The Balaban J connectivity index is 3.52. The van der Waals surface area contributed by atoms with Crippen LogP contribution in [0, 0.1) is 0 Å². The number of carboxylic acids is 1. The fourth-order valence-corrected chi connectivity index (χ4v) is 1.39. The number of alkyl halides is 6. The first kappa shape index (κ1) is 15.9. The van der Waals surface area contributed by atoms with E-state index >= 15 is 0 Å². The maximum absolute atomic E-state index is 12.7. The van der Waals surface area contributed by atoms with Crippen molar-refractivity contribution in [3.05, 3.63) is 27.7 Å². The van der Waals surface area contributed by atoms with Gasteiger partial charge in [-0.15, -0.1) is 13.2 Å². The molecule has 0 radical (unpaired) electrons. The molecule has 11 heteroatoms. The molecule has 5 nitrogen and oxygen atoms in total. The number of hydrogen-bond acceptors (Lipinski definition) is 3. The fourth-order valence-electron chi connectivity index (χ4n) is 1.39. The van der Waals surface area contributed by atoms with E-state index in [-0.39, 0.29) is 6.07 Å². The number of pyridine rings is 1. The van der Waals surface area contributed by atoms with Crippen molar-refractivity contribution >= 4 is 5.97 Å². The van der Waals surface area contributed by atoms with Crippen LogP contribution in [0.15, 0.2) is 10.9 Å². The third kappa shape index (κ3) is 4.17. The average Bonchev–Trinajstić information content (AvgIpc) is 2.08. The van der Waals surface area contributed by atoms with E-state index in [1.807, 2.05) is 0 Å². The highest BCUT2D eigenvalue weighted by atomic mass is 19.4. The molecular formula is C9H5F6NO4. The molecule has 1 aromatic heterocycles. The van der Waals surface area contributed by atoms with Crippen LogP contribution in [0.3, 0.4) is 0 Å². The summed E-state index contributed by atoms with van der Waals surface area (Å²) in [5, 5.41) is 8.42. The van der Waals surface area contributed by atoms with E-state index in [4.69, 9.17) is 5.11 Å². The lowest BCUT2D eigenvalue weighted by Gasteiger charge is -2.17. The minimum atomic E-state index is -5.46. The number of carbonyl (C=O) groups is 1. The average molecular weight is 305 g/mol. The summed E-state index contributed by atoms with van der Waals surface area (Å²) in [6.07, 6.45) is -12.1. The van der Waals surface area contributed by atoms with Gasteiger partial charge >= 0.3 is 18.5 Å². The quantitative estimate of drug-likeness (QED) is 0.836. The highest BCUT2D eigenvalue weighted by molar-refractivity contribution is 5.70. The van der Waals surface area contributed by atoms with Gasteiger partial charge in [0.2, 0.25) is 0 Å². The number of carboxylic acid groups (broad SMARTS) is 1. The summed E-state index contributed by atoms with van der Waals surface area (Å²) in [5.41, 5.74) is -4.57. The summed E-state index contributed by atoms with van der Waals surface area (Å²) in [7, 11) is 0. The van der Waals surface area contributed by atoms with Gasteiger partial charge in [-0.1, -0.05) is 0 Å². The Bertz CT molecular complexity index is 573. The third-order valence-corrected chi connectivity index (χ3v) is 1.92. The molecule has 0 saturated heterocycles. The van der Waals surface area contributed by atoms with Crippen LogP contribution in [0.4, 0.5) is 26.3 Å². The molecule has 112 valence electrons. The molecule has 0 aromatic carbocycles. The van der Waals surface area contributed by atoms with E-state index in [0.29, 0.717) is 0 Å². The number of halogens is 6. The number of aromatic nitrogens is 1. The minimum absolute atomic E-state index is 0.0539. The summed E-state index contributed by atoms with van der Waals surface area (Å²) in [6.45, 7) is 0. The number of aromatic amines is 1. The lowest BCUT2D eigenvalue weighted by Crippen LogP contribution is -2.25. The molecule has 2 N–H and O–H groups in total. The summed E-state index contributed by atoms with van der Waals surface area (Å²) in [4.78, 5) is 22.9. The lowest BCUT2D eigenvalue weighted by atomic mass is 10.1. The van der Waals surface area contributed by atoms with Crippen molar-refractivity contribution in [2.75, 3.05) is 0 Å². The second kappa shape index (κ2) is 5.06. The van der Waals surface area contributed by atoms with Crippen LogP contribution in [0.2, 0.25) is 0 Å². The van der Waals surface area contributed by atoms with Gasteiger partial charge in [0.1, 0.15) is 11.3 Å². The van der Waals surface area contributed by atoms with E-state index in [1.165, 1.54) is 4.98 Å². The summed E-state index contributed by atoms with van der Waals surface area (Å²) >= 11 is 0. The summed E-state index contributed by atoms with van der Waals surface area (Å²) in [5.74, 6) is -3.57. The van der Waals surface area contributed by atoms with E-state index in [0.717, 1.165) is 0 Å². The maximum Gasteiger partial charge on any atom is 0.573 e. The molecule has 20 heavy (non-hydrogen) atoms. The predicted octanol–water partition coefficient (Wildman–Crippen LogP) is 1.92. The minimum Gasteiger partial charge on any atom is -0.481 e. The highest BCUT2D eigenvalue weighted by Crippen LogP contribution is 2.39. The Labute approximate surface area is 105 Å². The molecule has 0 aliphatic rings. The zero-order chi connectivity index (χ0) is 15.7. The lowest BCUT2D eigenvalue weighted by molar-refractivity contribution is -0.276. The van der Waals surface area contributed by atoms with Gasteiger partial charge in [0.25, 0.3) is 5.56 Å². The molecule has 1 aromatic rings. The Kier molecular flexibility index (Phi) is 4.01. The van der Waals surface area contributed by atoms with E-state index in [2.05, 4.69) is 4.74 Å². The summed E-state index contributed by atoms with van der Waals surface area (Å²) in [6, 6.07) is -0.0539. The standard InChI is InChI=1S/C9H5F6NO4/c10-8(11,12)7-3(1-6(18)19)16-5(17)2-4(7)20-9(13,14)15/h2H,1H2,(H,16,17)(H,18,19). The first-order valence-corrected chi connectivity index (χ1v) is 4.71. The zero-order valence-electron chi connectivity index (χ0n) is 9.22. The molecule has 1 rings (SSSR count). The molecule has 0 fully saturated rings. The van der Waals surface area contributed by atoms with Gasteiger partial charge in [0, 0.05) is 11.8 Å². The predicted molar refractivity (Wildman–Crippen MR) is 50.1 cm³/mol. The van der Waals surface area contributed by atoms with Crippen LogP contribution in [0.25, 0.3) is 0 Å². The topological polar surface area (TPSA) is 79.4 Å². The van der Waals surface area contributed by atoms with Crippen LogP contribution < -0.4 is 10.3 Å². The van der Waals surface area contributed by atoms with Crippen LogP contribution in [0.1, 0.15) is 11.3 Å². The normalized spacial score (nSPS) is 12.3. The molecule has 0 spiro atoms. The Hall–Kier alpha value is -2.20. The van der Waals surface area contributed by atoms with Crippen molar-refractivity contribution in [1.82, 2.24) is 4.98 Å². The SMILES string of the molecule is O=C(O)Cc1[nH]c(=O)cc(OC(F)(F)F)c1C(F)(F)F. The second-order valence-electron chi connectivity index (χ2n) is 3.47. The molecule has 0 bridgehead atoms. The van der Waals surface area contributed by atoms with Crippen molar-refractivity contribution in [1.29, 1.82) is 0 Å². The van der Waals surface area contributed by atoms with E-state index in [9.17, 15) is 35.9 Å². The number of H-pyrrole nitrogens is 1. The molecule has 0 unspecified atom stereocenters. The number of ether oxygens (including phenoxy) is 1. The molecule has 0 saturated carbocycles. The number of nitrogens with one attached hydrogen (secondary N) is 1. The van der Waals surface area contributed by atoms with Crippen LogP contribution in [-0.4, -0.2) is 22.4 Å². The molecule has 0 aliphatic carbocycles. The Morgan fingerprint density at radius 3 is 2.20 bits per heavy atom. The molecular weight excluding hydrogens is 300 g/mol. The van der Waals surface area contributed by atoms with Crippen LogP contribution >= 0.6 is 0 Å². The van der Waals surface area contributed by atoms with Gasteiger partial charge in [-0.3, -0.25) is 9.59 Å². The first-order valence-electron chi connectivity index (χ1n) is 4.71. The largest absolute Gasteiger partial charge is 0.573 e. The van der Waals surface area contributed by atoms with Crippen LogP contribution in [0.5, 0.6) is 5.75 Å². The monoisotopic (exact) mass is 305 g/mol. The van der Waals surface area contributed by atoms with Gasteiger partial charge < -0.3 is 14.8 Å². The molecule has 0 aliphatic heterocycles. The van der Waals surface area contributed by atoms with Crippen LogP contribution in [-0.2, 0) is 17.4 Å². The molecule has 0 amide bonds. The van der Waals surface area contributed by atoms with Gasteiger partial charge in [0.15, 0.2) is 0 Å². The van der Waals surface area contributed by atoms with Crippen molar-refractivity contribution in [3.8, 4) is 5.75 Å². The van der Waals surface area contributed by atoms with Gasteiger partial charge in [0.05, 0.1) is 6.42 Å². The van der Waals surface area contributed by atoms with Gasteiger partial charge in [-0.05, 0) is 0 Å². The highest BCUT2D eigenvalue weighted by Gasteiger charge is 2.42. The molecule has 0 atom stereocenters. The van der Waals surface area contributed by atoms with E-state index in [1.54, 1.807) is 0 Å². The Morgan fingerprint density at radius 1 is 1.25 bits per heavy atom. The van der Waals surface area contributed by atoms with E-state index < -0.39 is 47.5 Å². The first-order chi connectivity index (χ1) is 8.90. The molecule has 1 heterocycles. The second-order valence-corrected chi connectivity index (χ2v) is 3.47. The van der Waals surface area contributed by atoms with Crippen molar-refractivity contribution < 1.29 is 41.0 Å². The Morgan fingerprint density at radius 2 is 1.80 bits per heavy atom. The number of rotatable bonds is 3. The number of aliphatic carboxylic acids is 1. The van der Waals surface area contributed by atoms with Gasteiger partial charge in [-0.25, -0.2) is 0 Å². The van der Waals surface area contributed by atoms with Crippen molar-refractivity contribution in [2.45, 2.75) is 19.0 Å². The van der Waals surface area contributed by atoms with Crippen molar-refractivity contribution in [3.63, 3.8) is 0 Å². The summed E-state index contributed by atoms with van der Waals surface area (Å²) < 4.78 is 77.3. The zero-order valence-corrected chi connectivity index (χ0v) is 9.22.